The number of aliphatic carboxylic acids is 1. The largest absolute Gasteiger partial charge is 0.481 e. The summed E-state index contributed by atoms with van der Waals surface area (Å²) >= 11 is 0. The van der Waals surface area contributed by atoms with Gasteiger partial charge in [0.05, 0.1) is 24.4 Å². The Morgan fingerprint density at radius 1 is 1.48 bits per heavy atom. The molecule has 0 bridgehead atoms. The first kappa shape index (κ1) is 14.6. The summed E-state index contributed by atoms with van der Waals surface area (Å²) in [7, 11) is -3.67. The Labute approximate surface area is 122 Å². The molecule has 1 spiro atoms. The molecule has 2 aliphatic rings. The second-order valence-corrected chi connectivity index (χ2v) is 7.57. The van der Waals surface area contributed by atoms with Crippen molar-refractivity contribution in [1.29, 1.82) is 0 Å². The number of carboxylic acids is 1. The molecule has 1 aromatic heterocycles. The number of furan rings is 1. The third kappa shape index (κ3) is 2.70. The molecule has 1 N–H and O–H groups in total. The highest BCUT2D eigenvalue weighted by Gasteiger charge is 2.48. The minimum Gasteiger partial charge on any atom is -0.481 e. The van der Waals surface area contributed by atoms with Gasteiger partial charge in [-0.15, -0.1) is 0 Å². The predicted molar refractivity (Wildman–Crippen MR) is 71.2 cm³/mol. The Bertz CT molecular complexity index is 619. The topological polar surface area (TPSA) is 97.1 Å². The molecule has 1 saturated heterocycles. The lowest BCUT2D eigenvalue weighted by Crippen LogP contribution is -2.60. The number of carbonyl (C=O) groups is 1. The summed E-state index contributed by atoms with van der Waals surface area (Å²) in [6.07, 6.45) is 4.18. The SMILES string of the molecule is O=C(O)CC1CN(S(=O)(=O)c2ccoc2)CC2(CCC2)O1. The maximum absolute atomic E-state index is 12.6. The molecule has 2 heterocycles. The Balaban J connectivity index is 1.85. The van der Waals surface area contributed by atoms with Crippen LogP contribution in [-0.2, 0) is 19.6 Å². The molecule has 1 aliphatic carbocycles. The number of hydrogen-bond donors (Lipinski definition) is 1. The Kier molecular flexibility index (Phi) is 3.54. The molecule has 1 saturated carbocycles. The maximum atomic E-state index is 12.6. The van der Waals surface area contributed by atoms with Crippen LogP contribution in [0.1, 0.15) is 25.7 Å². The zero-order chi connectivity index (χ0) is 15.1. The number of rotatable bonds is 4. The average molecular weight is 315 g/mol. The number of ether oxygens (including phenoxy) is 1. The molecule has 0 amide bonds. The van der Waals surface area contributed by atoms with Crippen LogP contribution in [-0.4, -0.2) is 48.6 Å². The molecule has 116 valence electrons. The first-order valence-electron chi connectivity index (χ1n) is 6.83. The number of carboxylic acid groups (broad SMARTS) is 1. The van der Waals surface area contributed by atoms with Crippen LogP contribution in [0, 0.1) is 0 Å². The van der Waals surface area contributed by atoms with Crippen LogP contribution in [0.2, 0.25) is 0 Å². The summed E-state index contributed by atoms with van der Waals surface area (Å²) < 4.78 is 37.2. The van der Waals surface area contributed by atoms with Crippen LogP contribution in [0.3, 0.4) is 0 Å². The second-order valence-electron chi connectivity index (χ2n) is 5.63. The first-order valence-corrected chi connectivity index (χ1v) is 8.27. The quantitative estimate of drug-likeness (QED) is 0.892. The molecule has 2 fully saturated rings. The molecule has 0 radical (unpaired) electrons. The third-order valence-corrected chi connectivity index (χ3v) is 5.87. The number of nitrogens with zero attached hydrogens (tertiary/aromatic N) is 1. The van der Waals surface area contributed by atoms with Gasteiger partial charge in [0.2, 0.25) is 10.0 Å². The van der Waals surface area contributed by atoms with E-state index < -0.39 is 27.7 Å². The highest BCUT2D eigenvalue weighted by atomic mass is 32.2. The minimum atomic E-state index is -3.67. The van der Waals surface area contributed by atoms with E-state index >= 15 is 0 Å². The van der Waals surface area contributed by atoms with Gasteiger partial charge in [-0.25, -0.2) is 8.42 Å². The van der Waals surface area contributed by atoms with Gasteiger partial charge in [-0.1, -0.05) is 0 Å². The van der Waals surface area contributed by atoms with Crippen molar-refractivity contribution in [2.75, 3.05) is 13.1 Å². The smallest absolute Gasteiger partial charge is 0.306 e. The zero-order valence-electron chi connectivity index (χ0n) is 11.4. The predicted octanol–water partition coefficient (Wildman–Crippen LogP) is 1.07. The monoisotopic (exact) mass is 315 g/mol. The first-order chi connectivity index (χ1) is 9.91. The van der Waals surface area contributed by atoms with Gasteiger partial charge < -0.3 is 14.3 Å². The lowest BCUT2D eigenvalue weighted by Gasteiger charge is -2.50. The van der Waals surface area contributed by atoms with Gasteiger partial charge in [-0.2, -0.15) is 4.31 Å². The molecule has 1 atom stereocenters. The van der Waals surface area contributed by atoms with E-state index in [1.807, 2.05) is 0 Å². The van der Waals surface area contributed by atoms with Gasteiger partial charge in [-0.05, 0) is 25.3 Å². The van der Waals surface area contributed by atoms with E-state index in [0.717, 1.165) is 19.3 Å². The van der Waals surface area contributed by atoms with E-state index in [9.17, 15) is 13.2 Å². The molecular formula is C13H17NO6S. The van der Waals surface area contributed by atoms with E-state index in [1.54, 1.807) is 0 Å². The van der Waals surface area contributed by atoms with E-state index in [2.05, 4.69) is 0 Å². The van der Waals surface area contributed by atoms with Crippen molar-refractivity contribution in [3.05, 3.63) is 18.6 Å². The molecular weight excluding hydrogens is 298 g/mol. The lowest BCUT2D eigenvalue weighted by atomic mass is 9.79. The van der Waals surface area contributed by atoms with Crippen molar-refractivity contribution < 1.29 is 27.5 Å². The summed E-state index contributed by atoms with van der Waals surface area (Å²) in [4.78, 5) is 11.0. The summed E-state index contributed by atoms with van der Waals surface area (Å²) in [6.45, 7) is 0.332. The molecule has 8 heteroatoms. The highest BCUT2D eigenvalue weighted by molar-refractivity contribution is 7.89. The van der Waals surface area contributed by atoms with Gasteiger partial charge in [0.1, 0.15) is 11.2 Å². The van der Waals surface area contributed by atoms with Gasteiger partial charge in [0.15, 0.2) is 0 Å². The summed E-state index contributed by atoms with van der Waals surface area (Å²) in [5.74, 6) is -0.989. The Hall–Kier alpha value is -1.38. The molecule has 1 aromatic rings. The minimum absolute atomic E-state index is 0.0571. The van der Waals surface area contributed by atoms with Crippen LogP contribution < -0.4 is 0 Å². The normalized spacial score (nSPS) is 25.6. The number of sulfonamides is 1. The summed E-state index contributed by atoms with van der Waals surface area (Å²) in [5, 5.41) is 8.94. The van der Waals surface area contributed by atoms with Crippen LogP contribution >= 0.6 is 0 Å². The Morgan fingerprint density at radius 2 is 2.24 bits per heavy atom. The molecule has 0 aromatic carbocycles. The van der Waals surface area contributed by atoms with E-state index in [0.29, 0.717) is 0 Å². The summed E-state index contributed by atoms with van der Waals surface area (Å²) in [6, 6.07) is 1.39. The second kappa shape index (κ2) is 5.11. The van der Waals surface area contributed by atoms with Crippen molar-refractivity contribution in [2.45, 2.75) is 42.3 Å². The van der Waals surface area contributed by atoms with E-state index in [4.69, 9.17) is 14.3 Å². The van der Waals surface area contributed by atoms with Gasteiger partial charge >= 0.3 is 5.97 Å². The van der Waals surface area contributed by atoms with Crippen molar-refractivity contribution >= 4 is 16.0 Å². The van der Waals surface area contributed by atoms with Crippen molar-refractivity contribution in [3.8, 4) is 0 Å². The van der Waals surface area contributed by atoms with E-state index in [-0.39, 0.29) is 24.4 Å². The van der Waals surface area contributed by atoms with Gasteiger partial charge in [0, 0.05) is 13.1 Å². The van der Waals surface area contributed by atoms with Gasteiger partial charge in [-0.3, -0.25) is 4.79 Å². The highest BCUT2D eigenvalue weighted by Crippen LogP contribution is 2.41. The molecule has 21 heavy (non-hydrogen) atoms. The maximum Gasteiger partial charge on any atom is 0.306 e. The zero-order valence-corrected chi connectivity index (χ0v) is 12.2. The number of morpholine rings is 1. The summed E-state index contributed by atoms with van der Waals surface area (Å²) in [5.41, 5.74) is -0.519. The standard InChI is InChI=1S/C13H17NO6S/c15-12(16)6-10-7-14(9-13(20-10)3-1-4-13)21(17,18)11-2-5-19-8-11/h2,5,8,10H,1,3-4,6-7,9H2,(H,15,16). The number of hydrogen-bond acceptors (Lipinski definition) is 5. The Morgan fingerprint density at radius 3 is 2.76 bits per heavy atom. The van der Waals surface area contributed by atoms with Crippen LogP contribution in [0.5, 0.6) is 0 Å². The fourth-order valence-electron chi connectivity index (χ4n) is 2.92. The average Bonchev–Trinajstić information content (AvgIpc) is 2.90. The van der Waals surface area contributed by atoms with Crippen molar-refractivity contribution in [2.24, 2.45) is 0 Å². The van der Waals surface area contributed by atoms with Gasteiger partial charge in [0.25, 0.3) is 0 Å². The molecule has 7 nitrogen and oxygen atoms in total. The molecule has 3 rings (SSSR count). The van der Waals surface area contributed by atoms with Crippen molar-refractivity contribution in [3.63, 3.8) is 0 Å². The van der Waals surface area contributed by atoms with E-state index in [1.165, 1.54) is 22.9 Å². The van der Waals surface area contributed by atoms with Crippen molar-refractivity contribution in [1.82, 2.24) is 4.31 Å². The fraction of sp³-hybridized carbons (Fsp3) is 0.615. The van der Waals surface area contributed by atoms with Crippen LogP contribution in [0.15, 0.2) is 27.9 Å². The van der Waals surface area contributed by atoms with Crippen LogP contribution in [0.4, 0.5) is 0 Å². The third-order valence-electron chi connectivity index (χ3n) is 4.09. The van der Waals surface area contributed by atoms with Crippen LogP contribution in [0.25, 0.3) is 0 Å². The lowest BCUT2D eigenvalue weighted by molar-refractivity contribution is -0.183. The fourth-order valence-corrected chi connectivity index (χ4v) is 4.39. The molecule has 1 aliphatic heterocycles. The molecule has 1 unspecified atom stereocenters.